The van der Waals surface area contributed by atoms with Crippen molar-refractivity contribution in [3.05, 3.63) is 100 Å². The first-order valence-electron chi connectivity index (χ1n) is 13.7. The lowest BCUT2D eigenvalue weighted by Gasteiger charge is -2.38. The first-order chi connectivity index (χ1) is 18.9. The summed E-state index contributed by atoms with van der Waals surface area (Å²) in [4.78, 5) is 18.6. The van der Waals surface area contributed by atoms with E-state index >= 15 is 0 Å². The number of esters is 1. The molecule has 204 valence electrons. The van der Waals surface area contributed by atoms with Crippen LogP contribution in [0.15, 0.2) is 84.3 Å². The summed E-state index contributed by atoms with van der Waals surface area (Å²) in [6.07, 6.45) is 16.7. The van der Waals surface area contributed by atoms with Crippen LogP contribution in [-0.4, -0.2) is 47.7 Å². The fraction of sp³-hybridized carbons (Fsp3) is 0.375. The molecule has 0 amide bonds. The Morgan fingerprint density at radius 3 is 2.82 bits per heavy atom. The zero-order valence-electron chi connectivity index (χ0n) is 22.3. The van der Waals surface area contributed by atoms with Gasteiger partial charge in [-0.1, -0.05) is 42.0 Å². The molecule has 0 bridgehead atoms. The number of carbonyl (C=O) groups is 1. The lowest BCUT2D eigenvalue weighted by atomic mass is 9.84. The van der Waals surface area contributed by atoms with Crippen LogP contribution < -0.4 is 4.74 Å². The molecular formula is C32H35ClN2O4. The number of hydrogen-bond donors (Lipinski definition) is 1. The SMILES string of the molecule is COC(=O)CCCC1C=CC=C2Oc3ncccc3C(=CCCN3CCC(O)(c4ccc(Cl)cc4)CC3)C=C21. The van der Waals surface area contributed by atoms with E-state index in [1.165, 1.54) is 7.11 Å². The highest BCUT2D eigenvalue weighted by Crippen LogP contribution is 2.39. The Balaban J connectivity index is 1.27. The Morgan fingerprint density at radius 2 is 2.05 bits per heavy atom. The molecule has 39 heavy (non-hydrogen) atoms. The molecule has 0 saturated carbocycles. The smallest absolute Gasteiger partial charge is 0.305 e. The van der Waals surface area contributed by atoms with E-state index in [1.807, 2.05) is 42.5 Å². The molecule has 0 spiro atoms. The van der Waals surface area contributed by atoms with Crippen molar-refractivity contribution in [3.8, 4) is 5.88 Å². The third-order valence-corrected chi connectivity index (χ3v) is 8.12. The van der Waals surface area contributed by atoms with Gasteiger partial charge < -0.3 is 19.5 Å². The maximum Gasteiger partial charge on any atom is 0.305 e. The quantitative estimate of drug-likeness (QED) is 0.396. The summed E-state index contributed by atoms with van der Waals surface area (Å²) in [6.45, 7) is 2.58. The molecule has 3 aliphatic rings. The highest BCUT2D eigenvalue weighted by Gasteiger charge is 2.33. The third-order valence-electron chi connectivity index (χ3n) is 7.87. The van der Waals surface area contributed by atoms with Crippen LogP contribution >= 0.6 is 11.6 Å². The van der Waals surface area contributed by atoms with Gasteiger partial charge in [0.05, 0.1) is 12.7 Å². The molecule has 1 fully saturated rings. The number of benzene rings is 1. The predicted molar refractivity (Wildman–Crippen MR) is 153 cm³/mol. The summed E-state index contributed by atoms with van der Waals surface area (Å²) >= 11 is 6.03. The highest BCUT2D eigenvalue weighted by atomic mass is 35.5. The Kier molecular flexibility index (Phi) is 8.66. The van der Waals surface area contributed by atoms with Crippen molar-refractivity contribution in [3.63, 3.8) is 0 Å². The molecule has 1 aromatic heterocycles. The number of likely N-dealkylation sites (tertiary alicyclic amines) is 1. The number of allylic oxidation sites excluding steroid dienone is 6. The highest BCUT2D eigenvalue weighted by molar-refractivity contribution is 6.30. The van der Waals surface area contributed by atoms with Crippen LogP contribution in [0.4, 0.5) is 0 Å². The number of aromatic nitrogens is 1. The van der Waals surface area contributed by atoms with Crippen LogP contribution in [0.2, 0.25) is 5.02 Å². The van der Waals surface area contributed by atoms with Gasteiger partial charge in [0.15, 0.2) is 0 Å². The normalized spacial score (nSPS) is 21.2. The van der Waals surface area contributed by atoms with E-state index in [0.717, 1.165) is 66.9 Å². The molecule has 1 N–H and O–H groups in total. The number of methoxy groups -OCH3 is 1. The second-order valence-electron chi connectivity index (χ2n) is 10.4. The molecule has 1 atom stereocenters. The minimum absolute atomic E-state index is 0.153. The third kappa shape index (κ3) is 6.52. The van der Waals surface area contributed by atoms with Crippen LogP contribution in [0.25, 0.3) is 5.57 Å². The maximum atomic E-state index is 11.6. The number of nitrogens with zero attached hydrogens (tertiary/aromatic N) is 2. The van der Waals surface area contributed by atoms with E-state index in [-0.39, 0.29) is 11.9 Å². The topological polar surface area (TPSA) is 71.9 Å². The number of fused-ring (bicyclic) bond motifs is 2. The van der Waals surface area contributed by atoms with E-state index in [4.69, 9.17) is 21.1 Å². The number of hydrogen-bond acceptors (Lipinski definition) is 6. The minimum atomic E-state index is -0.798. The molecule has 1 aliphatic carbocycles. The fourth-order valence-electron chi connectivity index (χ4n) is 5.56. The average molecular weight is 547 g/mol. The second-order valence-corrected chi connectivity index (χ2v) is 10.8. The molecule has 5 rings (SSSR count). The van der Waals surface area contributed by atoms with E-state index in [1.54, 1.807) is 6.20 Å². The number of aliphatic hydroxyl groups is 1. The maximum absolute atomic E-state index is 11.6. The Morgan fingerprint density at radius 1 is 1.26 bits per heavy atom. The number of halogens is 1. The van der Waals surface area contributed by atoms with Crippen molar-refractivity contribution < 1.29 is 19.4 Å². The monoisotopic (exact) mass is 546 g/mol. The first-order valence-corrected chi connectivity index (χ1v) is 14.0. The van der Waals surface area contributed by atoms with Crippen molar-refractivity contribution in [2.24, 2.45) is 5.92 Å². The summed E-state index contributed by atoms with van der Waals surface area (Å²) in [7, 11) is 1.43. The minimum Gasteiger partial charge on any atom is -0.469 e. The largest absolute Gasteiger partial charge is 0.469 e. The first kappa shape index (κ1) is 27.4. The number of piperidine rings is 1. The molecule has 3 heterocycles. The predicted octanol–water partition coefficient (Wildman–Crippen LogP) is 6.22. The van der Waals surface area contributed by atoms with Gasteiger partial charge in [-0.05, 0) is 79.7 Å². The van der Waals surface area contributed by atoms with Gasteiger partial charge in [0.2, 0.25) is 5.88 Å². The van der Waals surface area contributed by atoms with Crippen molar-refractivity contribution >= 4 is 23.1 Å². The molecule has 7 heteroatoms. The average Bonchev–Trinajstić information content (AvgIpc) is 3.11. The Bertz CT molecular complexity index is 1300. The van der Waals surface area contributed by atoms with Gasteiger partial charge in [-0.15, -0.1) is 0 Å². The standard InChI is InChI=1S/C32H35ClN2O4/c1-38-30(36)11-3-7-23-6-2-10-29-28(23)22-24(27-9-4-18-34-31(27)39-29)8-5-19-35-20-16-32(37,17-21-35)25-12-14-26(33)15-13-25/h2,4,6,8-10,12-15,18,22-23,37H,3,5,7,11,16-17,19-21H2,1H3. The molecule has 1 saturated heterocycles. The molecular weight excluding hydrogens is 512 g/mol. The zero-order chi connectivity index (χ0) is 27.2. The second kappa shape index (κ2) is 12.3. The zero-order valence-corrected chi connectivity index (χ0v) is 23.1. The summed E-state index contributed by atoms with van der Waals surface area (Å²) < 4.78 is 11.1. The number of pyridine rings is 1. The van der Waals surface area contributed by atoms with Crippen molar-refractivity contribution in [2.75, 3.05) is 26.7 Å². The molecule has 1 unspecified atom stereocenters. The van der Waals surface area contributed by atoms with E-state index in [9.17, 15) is 9.90 Å². The summed E-state index contributed by atoms with van der Waals surface area (Å²) in [5, 5.41) is 11.9. The van der Waals surface area contributed by atoms with Crippen LogP contribution in [-0.2, 0) is 15.1 Å². The van der Waals surface area contributed by atoms with Crippen LogP contribution in [0, 0.1) is 5.92 Å². The van der Waals surface area contributed by atoms with E-state index < -0.39 is 5.60 Å². The summed E-state index contributed by atoms with van der Waals surface area (Å²) in [5.74, 6) is 1.38. The summed E-state index contributed by atoms with van der Waals surface area (Å²) in [5.41, 5.74) is 3.32. The van der Waals surface area contributed by atoms with Gasteiger partial charge in [-0.3, -0.25) is 4.79 Å². The van der Waals surface area contributed by atoms with Crippen LogP contribution in [0.3, 0.4) is 0 Å². The van der Waals surface area contributed by atoms with Gasteiger partial charge in [0.1, 0.15) is 5.76 Å². The number of carbonyl (C=O) groups excluding carboxylic acids is 1. The molecule has 2 aliphatic heterocycles. The molecule has 0 radical (unpaired) electrons. The molecule has 2 aromatic rings. The van der Waals surface area contributed by atoms with Crippen molar-refractivity contribution in [1.29, 1.82) is 0 Å². The fourth-order valence-corrected chi connectivity index (χ4v) is 5.69. The Labute approximate surface area is 235 Å². The van der Waals surface area contributed by atoms with Gasteiger partial charge >= 0.3 is 5.97 Å². The van der Waals surface area contributed by atoms with E-state index in [2.05, 4.69) is 34.2 Å². The van der Waals surface area contributed by atoms with Crippen molar-refractivity contribution in [2.45, 2.75) is 44.1 Å². The Hall–Kier alpha value is -3.19. The lowest BCUT2D eigenvalue weighted by Crippen LogP contribution is -2.42. The van der Waals surface area contributed by atoms with Crippen molar-refractivity contribution in [1.82, 2.24) is 9.88 Å². The van der Waals surface area contributed by atoms with Gasteiger partial charge in [0, 0.05) is 54.3 Å². The van der Waals surface area contributed by atoms with Crippen LogP contribution in [0.1, 0.15) is 49.7 Å². The number of ether oxygens (including phenoxy) is 2. The lowest BCUT2D eigenvalue weighted by molar-refractivity contribution is -0.140. The molecule has 6 nitrogen and oxygen atoms in total. The summed E-state index contributed by atoms with van der Waals surface area (Å²) in [6, 6.07) is 11.5. The molecule has 1 aromatic carbocycles. The van der Waals surface area contributed by atoms with Crippen LogP contribution in [0.5, 0.6) is 5.88 Å². The van der Waals surface area contributed by atoms with Gasteiger partial charge in [-0.25, -0.2) is 4.98 Å². The van der Waals surface area contributed by atoms with E-state index in [0.29, 0.717) is 30.2 Å². The van der Waals surface area contributed by atoms with Gasteiger partial charge in [-0.2, -0.15) is 0 Å². The number of rotatable bonds is 8. The van der Waals surface area contributed by atoms with Gasteiger partial charge in [0.25, 0.3) is 0 Å².